The van der Waals surface area contributed by atoms with Gasteiger partial charge in [-0.1, -0.05) is 36.4 Å². The Morgan fingerprint density at radius 2 is 1.54 bits per heavy atom. The zero-order chi connectivity index (χ0) is 19.3. The molecule has 0 spiro atoms. The van der Waals surface area contributed by atoms with Gasteiger partial charge in [0.2, 0.25) is 11.8 Å². The Morgan fingerprint density at radius 3 is 2.21 bits per heavy atom. The molecule has 2 amide bonds. The Morgan fingerprint density at radius 1 is 0.893 bits per heavy atom. The van der Waals surface area contributed by atoms with Crippen molar-refractivity contribution >= 4 is 23.2 Å². The summed E-state index contributed by atoms with van der Waals surface area (Å²) in [6.45, 7) is 2.12. The second kappa shape index (κ2) is 6.77. The van der Waals surface area contributed by atoms with Gasteiger partial charge in [0.1, 0.15) is 0 Å². The largest absolute Gasteiger partial charge is 0.309 e. The number of anilines is 2. The molecule has 4 nitrogen and oxygen atoms in total. The number of hydrogen-bond acceptors (Lipinski definition) is 2. The van der Waals surface area contributed by atoms with E-state index in [9.17, 15) is 9.59 Å². The molecule has 0 saturated heterocycles. The van der Waals surface area contributed by atoms with Crippen LogP contribution in [-0.4, -0.2) is 17.9 Å². The lowest BCUT2D eigenvalue weighted by atomic mass is 9.89. The van der Waals surface area contributed by atoms with Gasteiger partial charge in [0.25, 0.3) is 0 Å². The van der Waals surface area contributed by atoms with Crippen LogP contribution in [0.15, 0.2) is 54.6 Å². The minimum Gasteiger partial charge on any atom is -0.309 e. The van der Waals surface area contributed by atoms with Crippen LogP contribution in [0, 0.1) is 11.8 Å². The van der Waals surface area contributed by atoms with Crippen molar-refractivity contribution in [2.75, 3.05) is 9.80 Å². The van der Waals surface area contributed by atoms with Crippen LogP contribution < -0.4 is 9.80 Å². The highest BCUT2D eigenvalue weighted by molar-refractivity contribution is 6.00. The van der Waals surface area contributed by atoms with E-state index in [-0.39, 0.29) is 35.7 Å². The summed E-state index contributed by atoms with van der Waals surface area (Å²) < 4.78 is 0. The van der Waals surface area contributed by atoms with Gasteiger partial charge in [0.05, 0.1) is 6.04 Å². The lowest BCUT2D eigenvalue weighted by Crippen LogP contribution is -2.48. The van der Waals surface area contributed by atoms with E-state index in [1.165, 1.54) is 0 Å². The van der Waals surface area contributed by atoms with Crippen molar-refractivity contribution in [2.45, 2.75) is 51.1 Å². The number of nitrogens with zero attached hydrogens (tertiary/aromatic N) is 2. The van der Waals surface area contributed by atoms with Gasteiger partial charge in [-0.05, 0) is 62.8 Å². The normalized spacial score (nSPS) is 23.8. The smallest absolute Gasteiger partial charge is 0.230 e. The number of para-hydroxylation sites is 2. The predicted octanol–water partition coefficient (Wildman–Crippen LogP) is 4.71. The van der Waals surface area contributed by atoms with Crippen LogP contribution in [0.5, 0.6) is 0 Å². The summed E-state index contributed by atoms with van der Waals surface area (Å²) in [6, 6.07) is 18.2. The zero-order valence-electron chi connectivity index (χ0n) is 16.3. The molecule has 2 atom stereocenters. The minimum absolute atomic E-state index is 0.0371. The molecule has 0 N–H and O–H groups in total. The number of hydrogen-bond donors (Lipinski definition) is 0. The van der Waals surface area contributed by atoms with E-state index in [1.54, 1.807) is 0 Å². The highest BCUT2D eigenvalue weighted by Gasteiger charge is 2.44. The standard InChI is InChI=1S/C24H26N2O2/c1-16-15-22(26(24(28)18-13-14-18)19-7-3-2-4-8-19)20-9-5-6-10-21(20)25(16)23(27)17-11-12-17/h2-10,16-18,22H,11-15H2,1H3/t16-,22-/m0/s1. The molecular weight excluding hydrogens is 348 g/mol. The van der Waals surface area contributed by atoms with E-state index >= 15 is 0 Å². The fraction of sp³-hybridized carbons (Fsp3) is 0.417. The van der Waals surface area contributed by atoms with Crippen LogP contribution in [0.1, 0.15) is 50.6 Å². The molecule has 0 aromatic heterocycles. The van der Waals surface area contributed by atoms with Crippen molar-refractivity contribution in [1.29, 1.82) is 0 Å². The highest BCUT2D eigenvalue weighted by atomic mass is 16.2. The zero-order valence-corrected chi connectivity index (χ0v) is 16.3. The summed E-state index contributed by atoms with van der Waals surface area (Å²) in [5.74, 6) is 0.803. The quantitative estimate of drug-likeness (QED) is 0.778. The van der Waals surface area contributed by atoms with Crippen LogP contribution in [0.25, 0.3) is 0 Å². The van der Waals surface area contributed by atoms with Gasteiger partial charge >= 0.3 is 0 Å². The Balaban J connectivity index is 1.58. The average Bonchev–Trinajstić information content (AvgIpc) is 3.61. The van der Waals surface area contributed by atoms with Gasteiger partial charge in [-0.2, -0.15) is 0 Å². The second-order valence-corrected chi connectivity index (χ2v) is 8.46. The van der Waals surface area contributed by atoms with Crippen LogP contribution >= 0.6 is 0 Å². The van der Waals surface area contributed by atoms with Crippen LogP contribution in [0.2, 0.25) is 0 Å². The average molecular weight is 374 g/mol. The summed E-state index contributed by atoms with van der Waals surface area (Å²) >= 11 is 0. The van der Waals surface area contributed by atoms with E-state index in [2.05, 4.69) is 13.0 Å². The lowest BCUT2D eigenvalue weighted by molar-refractivity contribution is -0.120. The first-order chi connectivity index (χ1) is 13.6. The first kappa shape index (κ1) is 17.5. The van der Waals surface area contributed by atoms with Crippen LogP contribution in [0.4, 0.5) is 11.4 Å². The van der Waals surface area contributed by atoms with Gasteiger partial charge in [-0.15, -0.1) is 0 Å². The number of carbonyl (C=O) groups is 2. The molecule has 2 aromatic carbocycles. The summed E-state index contributed by atoms with van der Waals surface area (Å²) in [7, 11) is 0. The summed E-state index contributed by atoms with van der Waals surface area (Å²) in [5.41, 5.74) is 3.02. The third-order valence-electron chi connectivity index (χ3n) is 6.23. The Bertz CT molecular complexity index is 902. The van der Waals surface area contributed by atoms with Crippen molar-refractivity contribution < 1.29 is 9.59 Å². The molecule has 0 radical (unpaired) electrons. The maximum atomic E-state index is 13.3. The molecule has 0 unspecified atom stereocenters. The molecule has 2 aliphatic carbocycles. The maximum Gasteiger partial charge on any atom is 0.230 e. The van der Waals surface area contributed by atoms with Gasteiger partial charge in [0, 0.05) is 29.3 Å². The Kier molecular flexibility index (Phi) is 4.22. The van der Waals surface area contributed by atoms with E-state index in [0.29, 0.717) is 0 Å². The van der Waals surface area contributed by atoms with Crippen molar-refractivity contribution in [3.05, 3.63) is 60.2 Å². The first-order valence-corrected chi connectivity index (χ1v) is 10.4. The van der Waals surface area contributed by atoms with Gasteiger partial charge < -0.3 is 9.80 Å². The summed E-state index contributed by atoms with van der Waals surface area (Å²) in [4.78, 5) is 30.3. The van der Waals surface area contributed by atoms with Gasteiger partial charge in [0.15, 0.2) is 0 Å². The monoisotopic (exact) mass is 374 g/mol. The molecule has 4 heteroatoms. The third kappa shape index (κ3) is 3.01. The van der Waals surface area contributed by atoms with E-state index in [1.807, 2.05) is 58.3 Å². The fourth-order valence-corrected chi connectivity index (χ4v) is 4.47. The molecule has 1 heterocycles. The SMILES string of the molecule is C[C@H]1C[C@H](N(C(=O)C2CC2)c2ccccc2)c2ccccc2N1C(=O)C1CC1. The van der Waals surface area contributed by atoms with Crippen molar-refractivity contribution in [1.82, 2.24) is 0 Å². The number of amides is 2. The number of fused-ring (bicyclic) bond motifs is 1. The predicted molar refractivity (Wildman–Crippen MR) is 110 cm³/mol. The van der Waals surface area contributed by atoms with Crippen LogP contribution in [-0.2, 0) is 9.59 Å². The van der Waals surface area contributed by atoms with E-state index in [4.69, 9.17) is 0 Å². The molecule has 2 aromatic rings. The van der Waals surface area contributed by atoms with Crippen molar-refractivity contribution in [3.63, 3.8) is 0 Å². The van der Waals surface area contributed by atoms with E-state index in [0.717, 1.165) is 49.0 Å². The number of benzene rings is 2. The Labute approximate surface area is 166 Å². The first-order valence-electron chi connectivity index (χ1n) is 10.4. The van der Waals surface area contributed by atoms with Crippen molar-refractivity contribution in [2.24, 2.45) is 11.8 Å². The fourth-order valence-electron chi connectivity index (χ4n) is 4.47. The molecule has 3 aliphatic rings. The van der Waals surface area contributed by atoms with Crippen LogP contribution in [0.3, 0.4) is 0 Å². The Hall–Kier alpha value is -2.62. The lowest BCUT2D eigenvalue weighted by Gasteiger charge is -2.43. The summed E-state index contributed by atoms with van der Waals surface area (Å²) in [6.07, 6.45) is 4.74. The molecular formula is C24H26N2O2. The molecule has 0 bridgehead atoms. The van der Waals surface area contributed by atoms with Crippen molar-refractivity contribution in [3.8, 4) is 0 Å². The third-order valence-corrected chi connectivity index (χ3v) is 6.23. The molecule has 1 aliphatic heterocycles. The second-order valence-electron chi connectivity index (χ2n) is 8.46. The highest BCUT2D eigenvalue weighted by Crippen LogP contribution is 2.46. The topological polar surface area (TPSA) is 40.6 Å². The number of rotatable bonds is 4. The molecule has 28 heavy (non-hydrogen) atoms. The number of carbonyl (C=O) groups excluding carboxylic acids is 2. The van der Waals surface area contributed by atoms with Gasteiger partial charge in [-0.25, -0.2) is 0 Å². The maximum absolute atomic E-state index is 13.3. The minimum atomic E-state index is -0.0371. The van der Waals surface area contributed by atoms with Gasteiger partial charge in [-0.3, -0.25) is 9.59 Å². The van der Waals surface area contributed by atoms with E-state index < -0.39 is 0 Å². The molecule has 2 saturated carbocycles. The summed E-state index contributed by atoms with van der Waals surface area (Å²) in [5, 5.41) is 0. The molecule has 5 rings (SSSR count). The molecule has 144 valence electrons. The molecule has 2 fully saturated rings.